The molecule has 1 aliphatic heterocycles. The lowest BCUT2D eigenvalue weighted by molar-refractivity contribution is -0.127. The van der Waals surface area contributed by atoms with Crippen LogP contribution in [0.4, 0.5) is 16.2 Å². The highest BCUT2D eigenvalue weighted by Gasteiger charge is 2.37. The minimum Gasteiger partial charge on any atom is -0.490 e. The quantitative estimate of drug-likeness (QED) is 0.795. The van der Waals surface area contributed by atoms with Crippen LogP contribution < -0.4 is 20.3 Å². The van der Waals surface area contributed by atoms with Crippen molar-refractivity contribution in [3.05, 3.63) is 53.1 Å². The summed E-state index contributed by atoms with van der Waals surface area (Å²) in [6.45, 7) is 6.86. The molecule has 0 fully saturated rings. The Hall–Kier alpha value is -2.73. The topological polar surface area (TPSA) is 70.7 Å². The van der Waals surface area contributed by atoms with Crippen LogP contribution in [0.5, 0.6) is 5.75 Å². The third kappa shape index (κ3) is 4.39. The molecule has 0 bridgehead atoms. The predicted octanol–water partition coefficient (Wildman–Crippen LogP) is 4.43. The van der Waals surface area contributed by atoms with Crippen molar-refractivity contribution in [3.8, 4) is 5.75 Å². The van der Waals surface area contributed by atoms with Crippen LogP contribution in [0.25, 0.3) is 0 Å². The first-order chi connectivity index (χ1) is 13.3. The molecule has 2 aromatic carbocycles. The number of carbonyl (C=O) groups is 2. The number of hydrogen-bond acceptors (Lipinski definition) is 3. The van der Waals surface area contributed by atoms with Crippen molar-refractivity contribution >= 4 is 34.9 Å². The fourth-order valence-corrected chi connectivity index (χ4v) is 3.12. The molecule has 28 heavy (non-hydrogen) atoms. The number of anilines is 2. The highest BCUT2D eigenvalue weighted by Crippen LogP contribution is 2.38. The van der Waals surface area contributed by atoms with E-state index in [0.717, 1.165) is 5.56 Å². The molecule has 0 aliphatic carbocycles. The average molecular weight is 402 g/mol. The zero-order chi connectivity index (χ0) is 20.3. The molecule has 0 saturated heterocycles. The van der Waals surface area contributed by atoms with Gasteiger partial charge in [-0.05, 0) is 56.7 Å². The smallest absolute Gasteiger partial charge is 0.319 e. The molecular formula is C21H24ClN3O3. The Morgan fingerprint density at radius 2 is 1.93 bits per heavy atom. The Morgan fingerprint density at radius 3 is 2.61 bits per heavy atom. The van der Waals surface area contributed by atoms with E-state index >= 15 is 0 Å². The van der Waals surface area contributed by atoms with Gasteiger partial charge in [-0.25, -0.2) is 4.79 Å². The Kier molecular flexibility index (Phi) is 5.79. The van der Waals surface area contributed by atoms with Gasteiger partial charge in [0.15, 0.2) is 0 Å². The van der Waals surface area contributed by atoms with Gasteiger partial charge in [0.1, 0.15) is 12.4 Å². The van der Waals surface area contributed by atoms with Crippen LogP contribution in [0.3, 0.4) is 0 Å². The molecule has 1 aliphatic rings. The van der Waals surface area contributed by atoms with Gasteiger partial charge in [-0.15, -0.1) is 0 Å². The zero-order valence-corrected chi connectivity index (χ0v) is 17.0. The van der Waals surface area contributed by atoms with Gasteiger partial charge in [-0.1, -0.05) is 23.7 Å². The highest BCUT2D eigenvalue weighted by molar-refractivity contribution is 6.30. The lowest BCUT2D eigenvalue weighted by atomic mass is 9.93. The summed E-state index contributed by atoms with van der Waals surface area (Å²) in [7, 11) is 0. The number of rotatable bonds is 4. The summed E-state index contributed by atoms with van der Waals surface area (Å²) in [5.74, 6) is 0.631. The van der Waals surface area contributed by atoms with E-state index < -0.39 is 5.41 Å². The van der Waals surface area contributed by atoms with Crippen LogP contribution in [0.2, 0.25) is 5.02 Å². The van der Waals surface area contributed by atoms with E-state index in [9.17, 15) is 9.59 Å². The van der Waals surface area contributed by atoms with Crippen molar-refractivity contribution in [2.24, 2.45) is 5.41 Å². The van der Waals surface area contributed by atoms with Crippen molar-refractivity contribution in [2.75, 3.05) is 23.4 Å². The molecule has 6 nitrogen and oxygen atoms in total. The number of nitrogens with one attached hydrogen (secondary N) is 2. The fraction of sp³-hybridized carbons (Fsp3) is 0.333. The molecule has 148 valence electrons. The SMILES string of the molecule is CCN1C(=O)C(C)(C)COc2ccc(NC(=O)NCc3ccc(Cl)cc3)cc21. The fourth-order valence-electron chi connectivity index (χ4n) is 3.00. The minimum atomic E-state index is -0.613. The van der Waals surface area contributed by atoms with Gasteiger partial charge >= 0.3 is 6.03 Å². The first kappa shape index (κ1) is 20.0. The second-order valence-electron chi connectivity index (χ2n) is 7.34. The summed E-state index contributed by atoms with van der Waals surface area (Å²) in [6.07, 6.45) is 0. The molecule has 0 saturated carbocycles. The maximum Gasteiger partial charge on any atom is 0.319 e. The van der Waals surface area contributed by atoms with Crippen molar-refractivity contribution in [3.63, 3.8) is 0 Å². The third-order valence-corrected chi connectivity index (χ3v) is 4.85. The normalized spacial score (nSPS) is 15.3. The molecule has 2 aromatic rings. The standard InChI is InChI=1S/C21H24ClN3O3/c1-4-25-17-11-16(9-10-18(17)28-13-21(2,3)19(25)26)24-20(27)23-12-14-5-7-15(22)8-6-14/h5-11H,4,12-13H2,1-3H3,(H2,23,24,27). The van der Waals surface area contributed by atoms with Crippen molar-refractivity contribution in [1.29, 1.82) is 0 Å². The van der Waals surface area contributed by atoms with E-state index in [1.165, 1.54) is 0 Å². The van der Waals surface area contributed by atoms with Crippen LogP contribution in [0.15, 0.2) is 42.5 Å². The van der Waals surface area contributed by atoms with Gasteiger partial charge in [0.05, 0.1) is 11.1 Å². The van der Waals surface area contributed by atoms with Gasteiger partial charge in [-0.2, -0.15) is 0 Å². The van der Waals surface area contributed by atoms with Crippen LogP contribution >= 0.6 is 11.6 Å². The van der Waals surface area contributed by atoms with Crippen molar-refractivity contribution in [1.82, 2.24) is 5.32 Å². The largest absolute Gasteiger partial charge is 0.490 e. The molecule has 3 rings (SSSR count). The van der Waals surface area contributed by atoms with Crippen LogP contribution in [-0.2, 0) is 11.3 Å². The monoisotopic (exact) mass is 401 g/mol. The third-order valence-electron chi connectivity index (χ3n) is 4.60. The van der Waals surface area contributed by atoms with E-state index in [-0.39, 0.29) is 11.9 Å². The average Bonchev–Trinajstić information content (AvgIpc) is 2.76. The summed E-state index contributed by atoms with van der Waals surface area (Å²) in [5.41, 5.74) is 1.58. The Morgan fingerprint density at radius 1 is 1.21 bits per heavy atom. The lowest BCUT2D eigenvalue weighted by Gasteiger charge is -2.27. The van der Waals surface area contributed by atoms with Crippen LogP contribution in [0.1, 0.15) is 26.3 Å². The van der Waals surface area contributed by atoms with E-state index in [0.29, 0.717) is 41.8 Å². The number of fused-ring (bicyclic) bond motifs is 1. The number of amides is 3. The van der Waals surface area contributed by atoms with Gasteiger partial charge < -0.3 is 20.3 Å². The Labute approximate surface area is 169 Å². The van der Waals surface area contributed by atoms with Gasteiger partial charge in [0, 0.05) is 23.8 Å². The van der Waals surface area contributed by atoms with Crippen LogP contribution in [-0.4, -0.2) is 25.1 Å². The van der Waals surface area contributed by atoms with Crippen molar-refractivity contribution < 1.29 is 14.3 Å². The molecule has 0 unspecified atom stereocenters. The van der Waals surface area contributed by atoms with Gasteiger partial charge in [0.2, 0.25) is 5.91 Å². The predicted molar refractivity (Wildman–Crippen MR) is 111 cm³/mol. The second kappa shape index (κ2) is 8.10. The molecule has 2 N–H and O–H groups in total. The Bertz CT molecular complexity index is 881. The number of hydrogen-bond donors (Lipinski definition) is 2. The number of carbonyl (C=O) groups excluding carboxylic acids is 2. The number of benzene rings is 2. The summed E-state index contributed by atoms with van der Waals surface area (Å²) in [5, 5.41) is 6.26. The van der Waals surface area contributed by atoms with Crippen LogP contribution in [0, 0.1) is 5.41 Å². The number of ether oxygens (including phenoxy) is 1. The lowest BCUT2D eigenvalue weighted by Crippen LogP contribution is -2.42. The number of nitrogens with zero attached hydrogens (tertiary/aromatic N) is 1. The van der Waals surface area contributed by atoms with E-state index in [4.69, 9.17) is 16.3 Å². The van der Waals surface area contributed by atoms with E-state index in [1.54, 1.807) is 35.2 Å². The molecule has 0 spiro atoms. The molecule has 3 amide bonds. The summed E-state index contributed by atoms with van der Waals surface area (Å²) < 4.78 is 5.84. The molecule has 1 heterocycles. The zero-order valence-electron chi connectivity index (χ0n) is 16.2. The maximum atomic E-state index is 12.8. The molecule has 0 aromatic heterocycles. The minimum absolute atomic E-state index is 0.00177. The first-order valence-electron chi connectivity index (χ1n) is 9.18. The Balaban J connectivity index is 1.71. The second-order valence-corrected chi connectivity index (χ2v) is 7.78. The molecular weight excluding hydrogens is 378 g/mol. The van der Waals surface area contributed by atoms with E-state index in [1.807, 2.05) is 32.9 Å². The summed E-state index contributed by atoms with van der Waals surface area (Å²) in [6, 6.07) is 12.2. The maximum absolute atomic E-state index is 12.8. The van der Waals surface area contributed by atoms with Crippen molar-refractivity contribution in [2.45, 2.75) is 27.3 Å². The van der Waals surface area contributed by atoms with Gasteiger partial charge in [-0.3, -0.25) is 4.79 Å². The number of halogens is 1. The molecule has 0 atom stereocenters. The molecule has 0 radical (unpaired) electrons. The molecule has 7 heteroatoms. The first-order valence-corrected chi connectivity index (χ1v) is 9.56. The number of urea groups is 1. The van der Waals surface area contributed by atoms with Gasteiger partial charge in [0.25, 0.3) is 0 Å². The summed E-state index contributed by atoms with van der Waals surface area (Å²) in [4.78, 5) is 26.8. The highest BCUT2D eigenvalue weighted by atomic mass is 35.5. The summed E-state index contributed by atoms with van der Waals surface area (Å²) >= 11 is 5.87. The van der Waals surface area contributed by atoms with E-state index in [2.05, 4.69) is 10.6 Å².